The molecular formula is C17H13NO2. The second kappa shape index (κ2) is 5.05. The smallest absolute Gasteiger partial charge is 0.343 e. The van der Waals surface area contributed by atoms with Crippen molar-refractivity contribution in [1.29, 1.82) is 0 Å². The van der Waals surface area contributed by atoms with E-state index in [0.717, 1.165) is 10.8 Å². The van der Waals surface area contributed by atoms with E-state index in [1.165, 1.54) is 0 Å². The van der Waals surface area contributed by atoms with Crippen LogP contribution in [0.1, 0.15) is 10.4 Å². The Morgan fingerprint density at radius 3 is 2.15 bits per heavy atom. The summed E-state index contributed by atoms with van der Waals surface area (Å²) in [5, 5.41) is 2.00. The Morgan fingerprint density at radius 2 is 1.45 bits per heavy atom. The summed E-state index contributed by atoms with van der Waals surface area (Å²) < 4.78 is 5.38. The molecule has 0 heterocycles. The molecule has 0 radical (unpaired) electrons. The van der Waals surface area contributed by atoms with Crippen molar-refractivity contribution < 1.29 is 9.53 Å². The van der Waals surface area contributed by atoms with Gasteiger partial charge in [0.25, 0.3) is 0 Å². The number of hydrogen-bond acceptors (Lipinski definition) is 3. The molecule has 3 heteroatoms. The lowest BCUT2D eigenvalue weighted by atomic mass is 10.1. The summed E-state index contributed by atoms with van der Waals surface area (Å²) in [5.74, 6) is -0.0230. The number of ether oxygens (including phenoxy) is 1. The first kappa shape index (κ1) is 12.2. The van der Waals surface area contributed by atoms with Crippen LogP contribution in [0.5, 0.6) is 5.75 Å². The molecule has 0 fully saturated rings. The Morgan fingerprint density at radius 1 is 0.850 bits per heavy atom. The zero-order valence-corrected chi connectivity index (χ0v) is 10.7. The average Bonchev–Trinajstić information content (AvgIpc) is 2.49. The normalized spacial score (nSPS) is 10.4. The first-order chi connectivity index (χ1) is 9.74. The van der Waals surface area contributed by atoms with Crippen molar-refractivity contribution in [1.82, 2.24) is 0 Å². The maximum Gasteiger partial charge on any atom is 0.343 e. The molecule has 3 rings (SSSR count). The predicted molar refractivity (Wildman–Crippen MR) is 79.8 cm³/mol. The van der Waals surface area contributed by atoms with Gasteiger partial charge in [-0.3, -0.25) is 0 Å². The SMILES string of the molecule is Nc1cc2ccccc2cc1OC(=O)c1ccccc1. The molecule has 0 aliphatic rings. The van der Waals surface area contributed by atoms with E-state index in [-0.39, 0.29) is 0 Å². The largest absolute Gasteiger partial charge is 0.421 e. The molecule has 98 valence electrons. The van der Waals surface area contributed by atoms with Gasteiger partial charge in [-0.25, -0.2) is 4.79 Å². The molecule has 0 atom stereocenters. The lowest BCUT2D eigenvalue weighted by Crippen LogP contribution is -2.09. The third-order valence-electron chi connectivity index (χ3n) is 3.09. The third-order valence-corrected chi connectivity index (χ3v) is 3.09. The number of rotatable bonds is 2. The molecule has 0 aromatic heterocycles. The second-order valence-electron chi connectivity index (χ2n) is 4.49. The molecule has 0 saturated carbocycles. The van der Waals surface area contributed by atoms with Gasteiger partial charge in [-0.1, -0.05) is 42.5 Å². The predicted octanol–water partition coefficient (Wildman–Crippen LogP) is 3.64. The van der Waals surface area contributed by atoms with E-state index in [0.29, 0.717) is 17.0 Å². The Bertz CT molecular complexity index is 766. The maximum atomic E-state index is 12.0. The van der Waals surface area contributed by atoms with Crippen LogP contribution in [0, 0.1) is 0 Å². The van der Waals surface area contributed by atoms with Crippen LogP contribution in [0.3, 0.4) is 0 Å². The van der Waals surface area contributed by atoms with Crippen LogP contribution in [0.15, 0.2) is 66.7 Å². The fraction of sp³-hybridized carbons (Fsp3) is 0. The minimum atomic E-state index is -0.410. The highest BCUT2D eigenvalue weighted by Gasteiger charge is 2.10. The fourth-order valence-corrected chi connectivity index (χ4v) is 2.06. The Labute approximate surface area is 116 Å². The summed E-state index contributed by atoms with van der Waals surface area (Å²) in [6.45, 7) is 0. The van der Waals surface area contributed by atoms with E-state index in [4.69, 9.17) is 10.5 Å². The van der Waals surface area contributed by atoms with E-state index in [2.05, 4.69) is 0 Å². The van der Waals surface area contributed by atoms with Gasteiger partial charge in [-0.15, -0.1) is 0 Å². The van der Waals surface area contributed by atoms with Crippen molar-refractivity contribution in [2.75, 3.05) is 5.73 Å². The highest BCUT2D eigenvalue weighted by molar-refractivity contribution is 5.94. The summed E-state index contributed by atoms with van der Waals surface area (Å²) in [6.07, 6.45) is 0. The maximum absolute atomic E-state index is 12.0. The van der Waals surface area contributed by atoms with Gasteiger partial charge >= 0.3 is 5.97 Å². The molecule has 0 amide bonds. The number of carbonyl (C=O) groups is 1. The number of anilines is 1. The summed E-state index contributed by atoms with van der Waals surface area (Å²) in [5.41, 5.74) is 6.89. The summed E-state index contributed by atoms with van der Waals surface area (Å²) in [4.78, 5) is 12.0. The van der Waals surface area contributed by atoms with Crippen LogP contribution >= 0.6 is 0 Å². The second-order valence-corrected chi connectivity index (χ2v) is 4.49. The molecule has 20 heavy (non-hydrogen) atoms. The molecule has 0 aliphatic heterocycles. The van der Waals surface area contributed by atoms with Crippen molar-refractivity contribution in [3.05, 3.63) is 72.3 Å². The van der Waals surface area contributed by atoms with Crippen LogP contribution in [0.25, 0.3) is 10.8 Å². The average molecular weight is 263 g/mol. The van der Waals surface area contributed by atoms with Gasteiger partial charge in [0.05, 0.1) is 11.3 Å². The summed E-state index contributed by atoms with van der Waals surface area (Å²) in [7, 11) is 0. The summed E-state index contributed by atoms with van der Waals surface area (Å²) in [6, 6.07) is 20.2. The molecule has 3 aromatic rings. The van der Waals surface area contributed by atoms with Gasteiger partial charge in [-0.05, 0) is 35.0 Å². The van der Waals surface area contributed by atoms with E-state index >= 15 is 0 Å². The lowest BCUT2D eigenvalue weighted by molar-refractivity contribution is 0.0736. The molecule has 0 unspecified atom stereocenters. The highest BCUT2D eigenvalue weighted by atomic mass is 16.5. The highest BCUT2D eigenvalue weighted by Crippen LogP contribution is 2.28. The molecule has 2 N–H and O–H groups in total. The topological polar surface area (TPSA) is 52.3 Å². The first-order valence-electron chi connectivity index (χ1n) is 6.29. The van der Waals surface area contributed by atoms with Crippen molar-refractivity contribution in [2.24, 2.45) is 0 Å². The molecule has 0 spiro atoms. The first-order valence-corrected chi connectivity index (χ1v) is 6.29. The third kappa shape index (κ3) is 2.34. The van der Waals surface area contributed by atoms with Gasteiger partial charge in [0.2, 0.25) is 0 Å². The molecule has 0 bridgehead atoms. The van der Waals surface area contributed by atoms with Crippen molar-refractivity contribution in [3.63, 3.8) is 0 Å². The number of fused-ring (bicyclic) bond motifs is 1. The Kier molecular flexibility index (Phi) is 3.09. The molecule has 0 aliphatic carbocycles. The van der Waals surface area contributed by atoms with Crippen LogP contribution in [0.4, 0.5) is 5.69 Å². The molecule has 3 nitrogen and oxygen atoms in total. The molecule has 3 aromatic carbocycles. The van der Waals surface area contributed by atoms with Crippen LogP contribution in [-0.2, 0) is 0 Å². The lowest BCUT2D eigenvalue weighted by Gasteiger charge is -2.09. The van der Waals surface area contributed by atoms with Gasteiger partial charge in [0.1, 0.15) is 0 Å². The quantitative estimate of drug-likeness (QED) is 0.436. The standard InChI is InChI=1S/C17H13NO2/c18-15-10-13-8-4-5-9-14(13)11-16(15)20-17(19)12-6-2-1-3-7-12/h1-11H,18H2. The van der Waals surface area contributed by atoms with Crippen LogP contribution < -0.4 is 10.5 Å². The van der Waals surface area contributed by atoms with Gasteiger partial charge in [0, 0.05) is 0 Å². The van der Waals surface area contributed by atoms with Gasteiger partial charge in [0.15, 0.2) is 5.75 Å². The monoisotopic (exact) mass is 263 g/mol. The van der Waals surface area contributed by atoms with Crippen LogP contribution in [-0.4, -0.2) is 5.97 Å². The Hall–Kier alpha value is -2.81. The number of hydrogen-bond donors (Lipinski definition) is 1. The zero-order chi connectivity index (χ0) is 13.9. The molecule has 0 saturated heterocycles. The van der Waals surface area contributed by atoms with Crippen molar-refractivity contribution in [3.8, 4) is 5.75 Å². The fourth-order valence-electron chi connectivity index (χ4n) is 2.06. The van der Waals surface area contributed by atoms with Gasteiger partial charge in [-0.2, -0.15) is 0 Å². The number of nitrogens with two attached hydrogens (primary N) is 1. The van der Waals surface area contributed by atoms with Crippen molar-refractivity contribution >= 4 is 22.4 Å². The minimum Gasteiger partial charge on any atom is -0.421 e. The number of carbonyl (C=O) groups excluding carboxylic acids is 1. The summed E-state index contributed by atoms with van der Waals surface area (Å²) >= 11 is 0. The van der Waals surface area contributed by atoms with E-state index in [1.54, 1.807) is 30.3 Å². The van der Waals surface area contributed by atoms with Crippen LogP contribution in [0.2, 0.25) is 0 Å². The minimum absolute atomic E-state index is 0.387. The number of esters is 1. The number of benzene rings is 3. The zero-order valence-electron chi connectivity index (χ0n) is 10.7. The van der Waals surface area contributed by atoms with E-state index in [1.807, 2.05) is 36.4 Å². The van der Waals surface area contributed by atoms with Gasteiger partial charge < -0.3 is 10.5 Å². The molecular weight excluding hydrogens is 250 g/mol. The van der Waals surface area contributed by atoms with Crippen molar-refractivity contribution in [2.45, 2.75) is 0 Å². The van der Waals surface area contributed by atoms with E-state index < -0.39 is 5.97 Å². The number of nitrogen functional groups attached to an aromatic ring is 1. The van der Waals surface area contributed by atoms with E-state index in [9.17, 15) is 4.79 Å². The Balaban J connectivity index is 1.95.